The number of imidazole rings is 2. The number of primary amides is 1. The summed E-state index contributed by atoms with van der Waals surface area (Å²) in [6.07, 6.45) is 15.6. The van der Waals surface area contributed by atoms with E-state index >= 15 is 0 Å². The van der Waals surface area contributed by atoms with Crippen LogP contribution in [0.25, 0.3) is 77.0 Å². The second-order valence-electron chi connectivity index (χ2n) is 14.4. The van der Waals surface area contributed by atoms with Crippen molar-refractivity contribution in [1.82, 2.24) is 58.3 Å². The smallest absolute Gasteiger partial charge is 0.268 e. The van der Waals surface area contributed by atoms with Gasteiger partial charge in [0.05, 0.1) is 34.5 Å². The SMILES string of the molecule is C.CC(=O)c1ncnc2ccc(-c3c(-c4ccn(C5CC5)n4)nc4sccn34)cc12.NC(=O)c1ncnc2ccc(-c3c(-c4ccn(C5CC5)n4)nc4sccn34)cc12. The summed E-state index contributed by atoms with van der Waals surface area (Å²) >= 11 is 3.15. The van der Waals surface area contributed by atoms with E-state index < -0.39 is 5.91 Å². The molecular weight excluding hydrogens is 783 g/mol. The first kappa shape index (κ1) is 36.4. The van der Waals surface area contributed by atoms with Crippen LogP contribution in [-0.4, -0.2) is 70.0 Å². The number of nitrogens with two attached hydrogens (primary N) is 1. The lowest BCUT2D eigenvalue weighted by Crippen LogP contribution is -2.13. The van der Waals surface area contributed by atoms with Crippen LogP contribution in [0.2, 0.25) is 0 Å². The van der Waals surface area contributed by atoms with E-state index in [1.807, 2.05) is 97.8 Å². The Morgan fingerprint density at radius 1 is 0.644 bits per heavy atom. The fourth-order valence-corrected chi connectivity index (χ4v) is 8.81. The largest absolute Gasteiger partial charge is 0.364 e. The van der Waals surface area contributed by atoms with Crippen LogP contribution in [-0.2, 0) is 0 Å². The molecule has 59 heavy (non-hydrogen) atoms. The third kappa shape index (κ3) is 6.34. The molecule has 2 aliphatic carbocycles. The number of fused-ring (bicyclic) bond motifs is 4. The number of rotatable bonds is 8. The Morgan fingerprint density at radius 3 is 1.58 bits per heavy atom. The Hall–Kier alpha value is -6.98. The van der Waals surface area contributed by atoms with E-state index in [2.05, 4.69) is 24.3 Å². The third-order valence-corrected chi connectivity index (χ3v) is 12.0. The van der Waals surface area contributed by atoms with Gasteiger partial charge in [-0.15, -0.1) is 22.7 Å². The zero-order valence-electron chi connectivity index (χ0n) is 30.8. The Morgan fingerprint density at radius 2 is 1.12 bits per heavy atom. The van der Waals surface area contributed by atoms with Crippen LogP contribution in [0.15, 0.2) is 96.7 Å². The average molecular weight is 818 g/mol. The number of hydrogen-bond acceptors (Lipinski definition) is 12. The van der Waals surface area contributed by atoms with Gasteiger partial charge >= 0.3 is 0 Å². The summed E-state index contributed by atoms with van der Waals surface area (Å²) in [6.45, 7) is 1.53. The van der Waals surface area contributed by atoms with E-state index in [0.29, 0.717) is 28.7 Å². The minimum atomic E-state index is -0.577. The highest BCUT2D eigenvalue weighted by Crippen LogP contribution is 2.40. The molecule has 0 spiro atoms. The molecule has 0 radical (unpaired) electrons. The fourth-order valence-electron chi connectivity index (χ4n) is 7.38. The van der Waals surface area contributed by atoms with Gasteiger partial charge in [0.1, 0.15) is 46.8 Å². The first-order valence-corrected chi connectivity index (χ1v) is 20.5. The number of ketones is 1. The monoisotopic (exact) mass is 817 g/mol. The summed E-state index contributed by atoms with van der Waals surface area (Å²) in [5, 5.41) is 14.9. The zero-order chi connectivity index (χ0) is 39.1. The van der Waals surface area contributed by atoms with Gasteiger partial charge in [-0.05, 0) is 62.1 Å². The van der Waals surface area contributed by atoms with E-state index in [4.69, 9.17) is 25.9 Å². The highest BCUT2D eigenvalue weighted by atomic mass is 32.1. The van der Waals surface area contributed by atoms with Crippen molar-refractivity contribution in [3.05, 3.63) is 108 Å². The number of benzene rings is 2. The molecule has 8 aromatic heterocycles. The van der Waals surface area contributed by atoms with E-state index in [0.717, 1.165) is 66.1 Å². The van der Waals surface area contributed by atoms with Gasteiger partial charge in [-0.2, -0.15) is 10.2 Å². The van der Waals surface area contributed by atoms with Crippen molar-refractivity contribution in [2.75, 3.05) is 0 Å². The summed E-state index contributed by atoms with van der Waals surface area (Å²) in [7, 11) is 0. The summed E-state index contributed by atoms with van der Waals surface area (Å²) in [5.41, 5.74) is 14.7. The molecule has 12 rings (SSSR count). The first-order chi connectivity index (χ1) is 28.4. The molecule has 0 aliphatic heterocycles. The summed E-state index contributed by atoms with van der Waals surface area (Å²) < 4.78 is 8.18. The Bertz CT molecular complexity index is 3030. The van der Waals surface area contributed by atoms with Crippen molar-refractivity contribution in [3.8, 4) is 45.3 Å². The Kier molecular flexibility index (Phi) is 8.71. The van der Waals surface area contributed by atoms with Gasteiger partial charge in [0.15, 0.2) is 15.7 Å². The van der Waals surface area contributed by atoms with Crippen molar-refractivity contribution in [2.45, 2.75) is 52.1 Å². The van der Waals surface area contributed by atoms with Crippen LogP contribution in [0.5, 0.6) is 0 Å². The second kappa shape index (κ2) is 14.1. The molecule has 17 heteroatoms. The predicted octanol–water partition coefficient (Wildman–Crippen LogP) is 8.35. The lowest BCUT2D eigenvalue weighted by atomic mass is 10.0. The van der Waals surface area contributed by atoms with Gasteiger partial charge in [0, 0.05) is 64.4 Å². The molecule has 2 aliphatic rings. The number of hydrogen-bond donors (Lipinski definition) is 1. The van der Waals surface area contributed by atoms with E-state index in [9.17, 15) is 9.59 Å². The highest BCUT2D eigenvalue weighted by Gasteiger charge is 2.28. The van der Waals surface area contributed by atoms with Crippen molar-refractivity contribution in [3.63, 3.8) is 0 Å². The summed E-state index contributed by atoms with van der Waals surface area (Å²) in [6, 6.07) is 16.7. The van der Waals surface area contributed by atoms with Gasteiger partial charge in [-0.1, -0.05) is 19.6 Å². The van der Waals surface area contributed by atoms with Crippen LogP contribution in [0, 0.1) is 0 Å². The number of nitrogens with zero attached hydrogens (tertiary/aromatic N) is 12. The van der Waals surface area contributed by atoms with Crippen LogP contribution < -0.4 is 5.73 Å². The lowest BCUT2D eigenvalue weighted by Gasteiger charge is -2.07. The second-order valence-corrected chi connectivity index (χ2v) is 16.1. The molecule has 0 atom stereocenters. The molecule has 0 bridgehead atoms. The first-order valence-electron chi connectivity index (χ1n) is 18.7. The van der Waals surface area contributed by atoms with Crippen LogP contribution >= 0.6 is 22.7 Å². The minimum absolute atomic E-state index is 0. The molecule has 0 saturated heterocycles. The van der Waals surface area contributed by atoms with Crippen molar-refractivity contribution >= 4 is 66.1 Å². The molecule has 8 heterocycles. The van der Waals surface area contributed by atoms with Crippen LogP contribution in [0.1, 0.15) is 73.1 Å². The van der Waals surface area contributed by atoms with Gasteiger partial charge in [0.25, 0.3) is 5.91 Å². The van der Waals surface area contributed by atoms with Crippen LogP contribution in [0.4, 0.5) is 0 Å². The predicted molar refractivity (Wildman–Crippen MR) is 227 cm³/mol. The maximum atomic E-state index is 12.1. The molecule has 15 nitrogen and oxygen atoms in total. The average Bonchev–Trinajstić information content (AvgIpc) is 3.79. The lowest BCUT2D eigenvalue weighted by molar-refractivity contribution is 0.0993. The Balaban J connectivity index is 0.000000140. The zero-order valence-corrected chi connectivity index (χ0v) is 32.4. The van der Waals surface area contributed by atoms with E-state index in [1.54, 1.807) is 22.7 Å². The molecule has 2 N–H and O–H groups in total. The molecule has 1 amide bonds. The van der Waals surface area contributed by atoms with Gasteiger partial charge in [0.2, 0.25) is 0 Å². The minimum Gasteiger partial charge on any atom is -0.364 e. The molecule has 2 fully saturated rings. The van der Waals surface area contributed by atoms with Gasteiger partial charge in [-0.3, -0.25) is 27.8 Å². The summed E-state index contributed by atoms with van der Waals surface area (Å²) in [4.78, 5) is 52.2. The number of aromatic nitrogens is 12. The highest BCUT2D eigenvalue weighted by molar-refractivity contribution is 7.15. The number of thiazole rings is 2. The standard InChI is InChI=1S/C21H16N6OS.C20H15N7OS.CH4/c1-12(28)18-15-10-13(2-5-16(15)22-11-23-18)20-19(24-21-26(20)8-9-29-21)17-6-7-27(25-17)14-3-4-14;21-19(28)16-13-9-11(1-4-14(13)22-10-23-16)18-17(24-20-26(18)7-8-29-20)15-5-6-27(25-15)12-2-3-12;/h2,5-11,14H,3-4H2,1H3;1,4-10,12H,2-3H2,(H2,21,28);1H4. The number of carbonyl (C=O) groups is 2. The van der Waals surface area contributed by atoms with Crippen LogP contribution in [0.3, 0.4) is 0 Å². The molecule has 2 saturated carbocycles. The van der Waals surface area contributed by atoms with Crippen molar-refractivity contribution < 1.29 is 9.59 Å². The summed E-state index contributed by atoms with van der Waals surface area (Å²) in [5.74, 6) is -0.654. The van der Waals surface area contributed by atoms with E-state index in [1.165, 1.54) is 45.3 Å². The molecule has 0 unspecified atom stereocenters. The van der Waals surface area contributed by atoms with E-state index in [-0.39, 0.29) is 18.9 Å². The van der Waals surface area contributed by atoms with Gasteiger partial charge in [-0.25, -0.2) is 29.9 Å². The Labute approximate surface area is 343 Å². The van der Waals surface area contributed by atoms with Crippen molar-refractivity contribution in [2.24, 2.45) is 5.73 Å². The normalized spacial score (nSPS) is 13.8. The molecule has 292 valence electrons. The number of carbonyl (C=O) groups excluding carboxylic acids is 2. The fraction of sp³-hybridized carbons (Fsp3) is 0.190. The van der Waals surface area contributed by atoms with Crippen molar-refractivity contribution in [1.29, 1.82) is 0 Å². The number of Topliss-reactive ketones (excluding diaryl/α,β-unsaturated/α-hetero) is 1. The number of amides is 1. The van der Waals surface area contributed by atoms with Gasteiger partial charge < -0.3 is 5.73 Å². The maximum absolute atomic E-state index is 12.1. The maximum Gasteiger partial charge on any atom is 0.268 e. The topological polar surface area (TPSA) is 182 Å². The molecular formula is C42H35N13O2S2. The third-order valence-electron chi connectivity index (χ3n) is 10.5. The molecule has 10 aromatic rings. The quantitative estimate of drug-likeness (QED) is 0.146. The molecule has 2 aromatic carbocycles.